The topological polar surface area (TPSA) is 43.8 Å². The summed E-state index contributed by atoms with van der Waals surface area (Å²) in [5.41, 5.74) is 7.54. The molecule has 0 saturated heterocycles. The van der Waals surface area contributed by atoms with E-state index >= 15 is 0 Å². The summed E-state index contributed by atoms with van der Waals surface area (Å²) in [5.74, 6) is 0. The summed E-state index contributed by atoms with van der Waals surface area (Å²) < 4.78 is 1.99. The van der Waals surface area contributed by atoms with Crippen LogP contribution in [0.25, 0.3) is 0 Å². The number of rotatable bonds is 3. The molecular weight excluding hydrogens is 245 g/mol. The Bertz CT molecular complexity index is 454. The van der Waals surface area contributed by atoms with Gasteiger partial charge in [0.25, 0.3) is 0 Å². The zero-order chi connectivity index (χ0) is 10.7. The number of halogens is 2. The van der Waals surface area contributed by atoms with Gasteiger partial charge in [0.1, 0.15) is 0 Å². The maximum atomic E-state index is 5.90. The zero-order valence-corrected chi connectivity index (χ0v) is 10.2. The van der Waals surface area contributed by atoms with Crippen LogP contribution in [-0.2, 0) is 13.1 Å². The summed E-state index contributed by atoms with van der Waals surface area (Å²) in [4.78, 5) is 4.16. The Balaban J connectivity index is 0.00000128. The molecule has 2 rings (SSSR count). The molecule has 0 unspecified atom stereocenters. The molecule has 0 aliphatic carbocycles. The number of nitrogens with two attached hydrogens (primary N) is 1. The molecule has 1 heterocycles. The molecule has 86 valence electrons. The van der Waals surface area contributed by atoms with Crippen molar-refractivity contribution >= 4 is 24.0 Å². The number of nitrogens with zero attached hydrogens (tertiary/aromatic N) is 2. The lowest BCUT2D eigenvalue weighted by Crippen LogP contribution is -1.98. The van der Waals surface area contributed by atoms with Crippen LogP contribution in [0.3, 0.4) is 0 Å². The SMILES string of the molecule is Cl.NCc1cn(Cc2cccc(Cl)c2)cn1. The van der Waals surface area contributed by atoms with Crippen LogP contribution >= 0.6 is 24.0 Å². The van der Waals surface area contributed by atoms with E-state index in [1.54, 1.807) is 6.33 Å². The van der Waals surface area contributed by atoms with Crippen molar-refractivity contribution in [2.45, 2.75) is 13.1 Å². The predicted molar refractivity (Wildman–Crippen MR) is 67.9 cm³/mol. The Morgan fingerprint density at radius 3 is 2.81 bits per heavy atom. The highest BCUT2D eigenvalue weighted by Crippen LogP contribution is 2.11. The van der Waals surface area contributed by atoms with Crippen LogP contribution in [0.1, 0.15) is 11.3 Å². The Labute approximate surface area is 106 Å². The average molecular weight is 258 g/mol. The normalized spacial score (nSPS) is 9.88. The molecular formula is C11H13Cl2N3. The molecule has 1 aromatic heterocycles. The summed E-state index contributed by atoms with van der Waals surface area (Å²) in [6.45, 7) is 1.25. The molecule has 0 fully saturated rings. The molecule has 0 atom stereocenters. The van der Waals surface area contributed by atoms with Gasteiger partial charge in [-0.2, -0.15) is 0 Å². The van der Waals surface area contributed by atoms with Crippen molar-refractivity contribution in [2.75, 3.05) is 0 Å². The lowest BCUT2D eigenvalue weighted by atomic mass is 10.2. The molecule has 0 saturated carbocycles. The Kier molecular flexibility index (Phi) is 4.80. The maximum absolute atomic E-state index is 5.90. The summed E-state index contributed by atoms with van der Waals surface area (Å²) in [6, 6.07) is 7.79. The van der Waals surface area contributed by atoms with Crippen LogP contribution in [0.15, 0.2) is 36.8 Å². The molecule has 2 N–H and O–H groups in total. The molecule has 0 spiro atoms. The lowest BCUT2D eigenvalue weighted by Gasteiger charge is -2.02. The van der Waals surface area contributed by atoms with E-state index in [4.69, 9.17) is 17.3 Å². The third kappa shape index (κ3) is 3.23. The van der Waals surface area contributed by atoms with Crippen LogP contribution in [0.2, 0.25) is 5.02 Å². The van der Waals surface area contributed by atoms with Gasteiger partial charge < -0.3 is 10.3 Å². The first-order valence-electron chi connectivity index (χ1n) is 4.73. The third-order valence-electron chi connectivity index (χ3n) is 2.15. The van der Waals surface area contributed by atoms with E-state index in [9.17, 15) is 0 Å². The number of aromatic nitrogens is 2. The first-order valence-corrected chi connectivity index (χ1v) is 5.11. The Morgan fingerprint density at radius 1 is 1.38 bits per heavy atom. The molecule has 1 aromatic carbocycles. The van der Waals surface area contributed by atoms with Crippen molar-refractivity contribution in [3.05, 3.63) is 53.1 Å². The van der Waals surface area contributed by atoms with E-state index in [0.29, 0.717) is 6.54 Å². The van der Waals surface area contributed by atoms with Gasteiger partial charge in [0.2, 0.25) is 0 Å². The summed E-state index contributed by atoms with van der Waals surface area (Å²) in [7, 11) is 0. The molecule has 2 aromatic rings. The fourth-order valence-corrected chi connectivity index (χ4v) is 1.66. The monoisotopic (exact) mass is 257 g/mol. The smallest absolute Gasteiger partial charge is 0.0953 e. The summed E-state index contributed by atoms with van der Waals surface area (Å²) in [6.07, 6.45) is 3.73. The van der Waals surface area contributed by atoms with Crippen LogP contribution in [0.4, 0.5) is 0 Å². The molecule has 0 aliphatic heterocycles. The quantitative estimate of drug-likeness (QED) is 0.919. The maximum Gasteiger partial charge on any atom is 0.0953 e. The van der Waals surface area contributed by atoms with Gasteiger partial charge in [0, 0.05) is 24.3 Å². The number of hydrogen-bond donors (Lipinski definition) is 1. The number of hydrogen-bond acceptors (Lipinski definition) is 2. The minimum atomic E-state index is 0. The first kappa shape index (κ1) is 13.0. The highest BCUT2D eigenvalue weighted by atomic mass is 35.5. The van der Waals surface area contributed by atoms with Gasteiger partial charge in [-0.05, 0) is 17.7 Å². The molecule has 0 radical (unpaired) electrons. The van der Waals surface area contributed by atoms with E-state index in [1.165, 1.54) is 0 Å². The second-order valence-electron chi connectivity index (χ2n) is 3.37. The second kappa shape index (κ2) is 5.89. The van der Waals surface area contributed by atoms with Gasteiger partial charge in [-0.25, -0.2) is 4.98 Å². The predicted octanol–water partition coefficient (Wildman–Crippen LogP) is 2.47. The van der Waals surface area contributed by atoms with Crippen LogP contribution < -0.4 is 5.73 Å². The molecule has 0 amide bonds. The molecule has 5 heteroatoms. The minimum Gasteiger partial charge on any atom is -0.333 e. The van der Waals surface area contributed by atoms with Gasteiger partial charge in [0.15, 0.2) is 0 Å². The third-order valence-corrected chi connectivity index (χ3v) is 2.39. The largest absolute Gasteiger partial charge is 0.333 e. The van der Waals surface area contributed by atoms with Crippen molar-refractivity contribution in [1.82, 2.24) is 9.55 Å². The highest BCUT2D eigenvalue weighted by Gasteiger charge is 1.98. The highest BCUT2D eigenvalue weighted by molar-refractivity contribution is 6.30. The molecule has 16 heavy (non-hydrogen) atoms. The van der Waals surface area contributed by atoms with Crippen molar-refractivity contribution in [3.8, 4) is 0 Å². The van der Waals surface area contributed by atoms with E-state index in [0.717, 1.165) is 22.8 Å². The van der Waals surface area contributed by atoms with Gasteiger partial charge in [0.05, 0.1) is 12.0 Å². The molecule has 0 aliphatic rings. The van der Waals surface area contributed by atoms with E-state index < -0.39 is 0 Å². The Morgan fingerprint density at radius 2 is 2.19 bits per heavy atom. The summed E-state index contributed by atoms with van der Waals surface area (Å²) in [5, 5.41) is 0.756. The molecule has 0 bridgehead atoms. The number of benzene rings is 1. The standard InChI is InChI=1S/C11H12ClN3.ClH/c12-10-3-1-2-9(4-10)6-15-7-11(5-13)14-8-15;/h1-4,7-8H,5-6,13H2;1H. The second-order valence-corrected chi connectivity index (χ2v) is 3.81. The van der Waals surface area contributed by atoms with Crippen LogP contribution in [-0.4, -0.2) is 9.55 Å². The average Bonchev–Trinajstić information content (AvgIpc) is 2.65. The van der Waals surface area contributed by atoms with Gasteiger partial charge in [-0.1, -0.05) is 23.7 Å². The first-order chi connectivity index (χ1) is 7.28. The van der Waals surface area contributed by atoms with Crippen molar-refractivity contribution < 1.29 is 0 Å². The fourth-order valence-electron chi connectivity index (χ4n) is 1.44. The minimum absolute atomic E-state index is 0. The van der Waals surface area contributed by atoms with E-state index in [2.05, 4.69) is 4.98 Å². The fraction of sp³-hybridized carbons (Fsp3) is 0.182. The van der Waals surface area contributed by atoms with Crippen molar-refractivity contribution in [1.29, 1.82) is 0 Å². The van der Waals surface area contributed by atoms with Crippen molar-refractivity contribution in [3.63, 3.8) is 0 Å². The van der Waals surface area contributed by atoms with Gasteiger partial charge >= 0.3 is 0 Å². The van der Waals surface area contributed by atoms with Gasteiger partial charge in [-0.15, -0.1) is 12.4 Å². The van der Waals surface area contributed by atoms with Crippen LogP contribution in [0, 0.1) is 0 Å². The van der Waals surface area contributed by atoms with Crippen LogP contribution in [0.5, 0.6) is 0 Å². The molecule has 3 nitrogen and oxygen atoms in total. The lowest BCUT2D eigenvalue weighted by molar-refractivity contribution is 0.796. The van der Waals surface area contributed by atoms with E-state index in [-0.39, 0.29) is 12.4 Å². The number of imidazole rings is 1. The van der Waals surface area contributed by atoms with E-state index in [1.807, 2.05) is 35.0 Å². The zero-order valence-electron chi connectivity index (χ0n) is 8.64. The van der Waals surface area contributed by atoms with Crippen molar-refractivity contribution in [2.24, 2.45) is 5.73 Å². The van der Waals surface area contributed by atoms with Gasteiger partial charge in [-0.3, -0.25) is 0 Å². The summed E-state index contributed by atoms with van der Waals surface area (Å²) >= 11 is 5.90. The Hall–Kier alpha value is -1.03.